The van der Waals surface area contributed by atoms with Crippen molar-refractivity contribution in [1.29, 1.82) is 0 Å². The lowest BCUT2D eigenvalue weighted by atomic mass is 9.64. The van der Waals surface area contributed by atoms with E-state index in [-0.39, 0.29) is 12.4 Å². The Morgan fingerprint density at radius 3 is 2.22 bits per heavy atom. The van der Waals surface area contributed by atoms with Crippen molar-refractivity contribution in [1.82, 2.24) is 5.32 Å². The Bertz CT molecular complexity index is 709. The van der Waals surface area contributed by atoms with Gasteiger partial charge in [-0.3, -0.25) is 14.4 Å². The standard InChI is InChI=1S/C18H20FNO3/c1-16(2)17(3)8-9-18(16,14(22)13(17)21)15(23)20-10-11-4-6-12(19)7-5-11/h4-7H,8-10H2,1-3H3,(H,20,23)/t17-,18-/m1/s1. The smallest absolute Gasteiger partial charge is 0.235 e. The van der Waals surface area contributed by atoms with E-state index in [4.69, 9.17) is 0 Å². The van der Waals surface area contributed by atoms with Crippen LogP contribution in [-0.4, -0.2) is 17.5 Å². The van der Waals surface area contributed by atoms with Crippen molar-refractivity contribution in [3.05, 3.63) is 35.6 Å². The van der Waals surface area contributed by atoms with Crippen molar-refractivity contribution in [2.24, 2.45) is 16.2 Å². The maximum atomic E-state index is 12.9. The summed E-state index contributed by atoms with van der Waals surface area (Å²) in [5.74, 6) is -1.73. The average Bonchev–Trinajstić information content (AvgIpc) is 2.78. The summed E-state index contributed by atoms with van der Waals surface area (Å²) in [6, 6.07) is 5.80. The Hall–Kier alpha value is -2.04. The number of rotatable bonds is 3. The third-order valence-corrected chi connectivity index (χ3v) is 6.30. The number of nitrogens with one attached hydrogen (secondary N) is 1. The molecule has 2 bridgehead atoms. The van der Waals surface area contributed by atoms with Gasteiger partial charge in [0.1, 0.15) is 11.2 Å². The van der Waals surface area contributed by atoms with Gasteiger partial charge in [0.2, 0.25) is 17.5 Å². The Labute approximate surface area is 134 Å². The number of Topliss-reactive ketones (excluding diaryl/α,β-unsaturated/α-hetero) is 2. The molecule has 1 aromatic rings. The second kappa shape index (κ2) is 4.73. The first-order valence-electron chi connectivity index (χ1n) is 7.79. The quantitative estimate of drug-likeness (QED) is 0.688. The first-order valence-corrected chi connectivity index (χ1v) is 7.79. The van der Waals surface area contributed by atoms with Crippen molar-refractivity contribution < 1.29 is 18.8 Å². The van der Waals surface area contributed by atoms with Gasteiger partial charge in [-0.2, -0.15) is 0 Å². The van der Waals surface area contributed by atoms with Gasteiger partial charge < -0.3 is 5.32 Å². The number of carbonyl (C=O) groups is 3. The summed E-state index contributed by atoms with van der Waals surface area (Å²) in [5, 5.41) is 2.77. The number of hydrogen-bond donors (Lipinski definition) is 1. The predicted octanol–water partition coefficient (Wildman–Crippen LogP) is 2.41. The average molecular weight is 317 g/mol. The van der Waals surface area contributed by atoms with Gasteiger partial charge in [0, 0.05) is 12.0 Å². The molecule has 1 aromatic carbocycles. The fourth-order valence-corrected chi connectivity index (χ4v) is 4.21. The molecule has 0 aliphatic heterocycles. The zero-order valence-corrected chi connectivity index (χ0v) is 13.5. The van der Waals surface area contributed by atoms with Crippen molar-refractivity contribution >= 4 is 17.5 Å². The fourth-order valence-electron chi connectivity index (χ4n) is 4.21. The monoisotopic (exact) mass is 317 g/mol. The van der Waals surface area contributed by atoms with E-state index in [0.29, 0.717) is 12.8 Å². The van der Waals surface area contributed by atoms with Crippen LogP contribution < -0.4 is 5.32 Å². The predicted molar refractivity (Wildman–Crippen MR) is 81.8 cm³/mol. The van der Waals surface area contributed by atoms with Crippen LogP contribution in [0.3, 0.4) is 0 Å². The van der Waals surface area contributed by atoms with Crippen LogP contribution in [0.4, 0.5) is 4.39 Å². The molecule has 0 spiro atoms. The zero-order chi connectivity index (χ0) is 17.0. The third kappa shape index (κ3) is 1.79. The van der Waals surface area contributed by atoms with Crippen LogP contribution in [-0.2, 0) is 20.9 Å². The first-order chi connectivity index (χ1) is 10.7. The molecule has 0 radical (unpaired) electrons. The lowest BCUT2D eigenvalue weighted by Gasteiger charge is -2.37. The minimum Gasteiger partial charge on any atom is -0.351 e. The van der Waals surface area contributed by atoms with E-state index in [1.54, 1.807) is 19.1 Å². The lowest BCUT2D eigenvalue weighted by molar-refractivity contribution is -0.149. The summed E-state index contributed by atoms with van der Waals surface area (Å²) in [7, 11) is 0. The Morgan fingerprint density at radius 1 is 1.09 bits per heavy atom. The summed E-state index contributed by atoms with van der Waals surface area (Å²) >= 11 is 0. The van der Waals surface area contributed by atoms with Gasteiger partial charge in [0.25, 0.3) is 0 Å². The van der Waals surface area contributed by atoms with Gasteiger partial charge in [0.05, 0.1) is 0 Å². The van der Waals surface area contributed by atoms with E-state index < -0.39 is 33.7 Å². The SMILES string of the molecule is CC1(C)[C@]2(C(=O)NCc3ccc(F)cc3)CC[C@]1(C)C(=O)C2=O. The van der Waals surface area contributed by atoms with E-state index in [1.165, 1.54) is 12.1 Å². The summed E-state index contributed by atoms with van der Waals surface area (Å²) in [6.45, 7) is 5.66. The molecule has 23 heavy (non-hydrogen) atoms. The van der Waals surface area contributed by atoms with Crippen LogP contribution in [0.25, 0.3) is 0 Å². The minimum atomic E-state index is -1.28. The highest BCUT2D eigenvalue weighted by Gasteiger charge is 2.77. The van der Waals surface area contributed by atoms with Crippen molar-refractivity contribution in [3.63, 3.8) is 0 Å². The van der Waals surface area contributed by atoms with E-state index in [9.17, 15) is 18.8 Å². The molecular formula is C18H20FNO3. The third-order valence-electron chi connectivity index (χ3n) is 6.30. The van der Waals surface area contributed by atoms with Crippen LogP contribution in [0, 0.1) is 22.1 Å². The number of carbonyl (C=O) groups excluding carboxylic acids is 3. The van der Waals surface area contributed by atoms with E-state index in [2.05, 4.69) is 5.32 Å². The maximum absolute atomic E-state index is 12.9. The highest BCUT2D eigenvalue weighted by Crippen LogP contribution is 2.68. The van der Waals surface area contributed by atoms with Gasteiger partial charge in [-0.1, -0.05) is 32.9 Å². The van der Waals surface area contributed by atoms with Crippen molar-refractivity contribution in [3.8, 4) is 0 Å². The zero-order valence-electron chi connectivity index (χ0n) is 13.5. The molecule has 122 valence electrons. The molecule has 3 rings (SSSR count). The van der Waals surface area contributed by atoms with E-state index in [1.807, 2.05) is 13.8 Å². The summed E-state index contributed by atoms with van der Waals surface area (Å²) in [6.07, 6.45) is 0.949. The Morgan fingerprint density at radius 2 is 1.70 bits per heavy atom. The fraction of sp³-hybridized carbons (Fsp3) is 0.500. The molecule has 2 atom stereocenters. The summed E-state index contributed by atoms with van der Waals surface area (Å²) in [5.41, 5.74) is -2.01. The van der Waals surface area contributed by atoms with Gasteiger partial charge in [-0.05, 0) is 36.0 Å². The number of fused-ring (bicyclic) bond motifs is 2. The molecule has 2 aliphatic carbocycles. The molecule has 2 saturated carbocycles. The number of ketones is 2. The number of halogens is 1. The molecule has 0 aromatic heterocycles. The molecule has 1 amide bonds. The Balaban J connectivity index is 1.85. The van der Waals surface area contributed by atoms with Crippen LogP contribution >= 0.6 is 0 Å². The second-order valence-corrected chi connectivity index (χ2v) is 7.33. The van der Waals surface area contributed by atoms with Gasteiger partial charge >= 0.3 is 0 Å². The topological polar surface area (TPSA) is 63.2 Å². The van der Waals surface area contributed by atoms with E-state index >= 15 is 0 Å². The number of benzene rings is 1. The molecule has 5 heteroatoms. The van der Waals surface area contributed by atoms with Gasteiger partial charge in [-0.15, -0.1) is 0 Å². The minimum absolute atomic E-state index is 0.204. The molecule has 2 aliphatic rings. The molecule has 2 fully saturated rings. The van der Waals surface area contributed by atoms with Gasteiger partial charge in [-0.25, -0.2) is 4.39 Å². The van der Waals surface area contributed by atoms with Crippen LogP contribution in [0.1, 0.15) is 39.2 Å². The maximum Gasteiger partial charge on any atom is 0.235 e. The number of hydrogen-bond acceptors (Lipinski definition) is 3. The summed E-state index contributed by atoms with van der Waals surface area (Å²) < 4.78 is 12.9. The second-order valence-electron chi connectivity index (χ2n) is 7.33. The molecule has 0 unspecified atom stereocenters. The molecule has 0 heterocycles. The molecule has 4 nitrogen and oxygen atoms in total. The molecule has 1 N–H and O–H groups in total. The lowest BCUT2D eigenvalue weighted by Crippen LogP contribution is -2.50. The van der Waals surface area contributed by atoms with Gasteiger partial charge in [0.15, 0.2) is 0 Å². The highest BCUT2D eigenvalue weighted by molar-refractivity contribution is 6.48. The molecule has 0 saturated heterocycles. The molecular weight excluding hydrogens is 297 g/mol. The first kappa shape index (κ1) is 15.8. The normalized spacial score (nSPS) is 31.5. The Kier molecular flexibility index (Phi) is 3.26. The highest BCUT2D eigenvalue weighted by atomic mass is 19.1. The van der Waals surface area contributed by atoms with Crippen molar-refractivity contribution in [2.75, 3.05) is 0 Å². The number of amides is 1. The van der Waals surface area contributed by atoms with Crippen LogP contribution in [0.15, 0.2) is 24.3 Å². The summed E-state index contributed by atoms with van der Waals surface area (Å²) in [4.78, 5) is 37.7. The van der Waals surface area contributed by atoms with Crippen LogP contribution in [0.2, 0.25) is 0 Å². The van der Waals surface area contributed by atoms with Crippen molar-refractivity contribution in [2.45, 2.75) is 40.2 Å². The van der Waals surface area contributed by atoms with Crippen LogP contribution in [0.5, 0.6) is 0 Å². The largest absolute Gasteiger partial charge is 0.351 e. The van der Waals surface area contributed by atoms with E-state index in [0.717, 1.165) is 5.56 Å².